The molecule has 0 saturated carbocycles. The van der Waals surface area contributed by atoms with Crippen LogP contribution in [0.3, 0.4) is 0 Å². The lowest BCUT2D eigenvalue weighted by Crippen LogP contribution is -2.14. The van der Waals surface area contributed by atoms with E-state index in [4.69, 9.17) is 16.3 Å². The number of carbonyl (C=O) groups excluding carboxylic acids is 2. The average Bonchev–Trinajstić information content (AvgIpc) is 2.35. The maximum atomic E-state index is 11.5. The van der Waals surface area contributed by atoms with E-state index in [0.717, 1.165) is 0 Å². The molecular weight excluding hydrogens is 232 g/mol. The molecule has 0 spiro atoms. The number of Topliss-reactive ketones (excluding diaryl/α,β-unsaturated/α-hetero) is 1. The Morgan fingerprint density at radius 3 is 2.38 bits per heavy atom. The normalized spacial score (nSPS) is 9.62. The highest BCUT2D eigenvalue weighted by atomic mass is 35.5. The van der Waals surface area contributed by atoms with Crippen LogP contribution in [0, 0.1) is 0 Å². The van der Waals surface area contributed by atoms with Gasteiger partial charge in [-0.1, -0.05) is 0 Å². The first-order chi connectivity index (χ1) is 7.67. The monoisotopic (exact) mass is 242 g/mol. The van der Waals surface area contributed by atoms with E-state index in [1.807, 2.05) is 0 Å². The third-order valence-corrected chi connectivity index (χ3v) is 2.10. The Balaban J connectivity index is 2.56. The molecule has 0 aliphatic rings. The van der Waals surface area contributed by atoms with Crippen molar-refractivity contribution in [2.24, 2.45) is 0 Å². The predicted molar refractivity (Wildman–Crippen MR) is 59.0 cm³/mol. The summed E-state index contributed by atoms with van der Waals surface area (Å²) in [5.74, 6) is -0.477. The predicted octanol–water partition coefficient (Wildman–Crippen LogP) is 1.66. The van der Waals surface area contributed by atoms with Crippen LogP contribution in [0.2, 0.25) is 0 Å². The Bertz CT molecular complexity index is 372. The van der Waals surface area contributed by atoms with Gasteiger partial charge in [-0.3, -0.25) is 9.59 Å². The summed E-state index contributed by atoms with van der Waals surface area (Å²) in [6.45, 7) is -0.294. The van der Waals surface area contributed by atoms with Crippen molar-refractivity contribution in [3.63, 3.8) is 0 Å². The molecule has 0 unspecified atom stereocenters. The fraction of sp³-hybridized carbons (Fsp3) is 0.273. The van der Waals surface area contributed by atoms with E-state index < -0.39 is 5.97 Å². The molecular formula is C11H11ClO4. The number of hydrogen-bond acceptors (Lipinski definition) is 4. The van der Waals surface area contributed by atoms with Crippen LogP contribution in [0.15, 0.2) is 24.3 Å². The summed E-state index contributed by atoms with van der Waals surface area (Å²) in [6, 6.07) is 6.54. The Kier molecular flexibility index (Phi) is 4.79. The van der Waals surface area contributed by atoms with Crippen molar-refractivity contribution in [3.8, 4) is 5.75 Å². The van der Waals surface area contributed by atoms with Crippen LogP contribution in [-0.2, 0) is 9.53 Å². The summed E-state index contributed by atoms with van der Waals surface area (Å²) in [7, 11) is 1.54. The molecule has 0 aliphatic carbocycles. The van der Waals surface area contributed by atoms with E-state index in [-0.39, 0.29) is 18.3 Å². The van der Waals surface area contributed by atoms with E-state index in [0.29, 0.717) is 11.3 Å². The number of methoxy groups -OCH3 is 1. The molecule has 4 nitrogen and oxygen atoms in total. The van der Waals surface area contributed by atoms with E-state index in [2.05, 4.69) is 4.74 Å². The summed E-state index contributed by atoms with van der Waals surface area (Å²) in [4.78, 5) is 22.2. The number of carbonyl (C=O) groups is 2. The second-order valence-corrected chi connectivity index (χ2v) is 3.21. The zero-order chi connectivity index (χ0) is 12.0. The molecule has 0 amide bonds. The van der Waals surface area contributed by atoms with E-state index in [1.165, 1.54) is 0 Å². The Morgan fingerprint density at radius 1 is 1.25 bits per heavy atom. The van der Waals surface area contributed by atoms with Crippen LogP contribution in [0.25, 0.3) is 0 Å². The van der Waals surface area contributed by atoms with Crippen molar-refractivity contribution in [1.29, 1.82) is 0 Å². The van der Waals surface area contributed by atoms with E-state index in [9.17, 15) is 9.59 Å². The maximum Gasteiger partial charge on any atom is 0.321 e. The van der Waals surface area contributed by atoms with Gasteiger partial charge in [0.05, 0.1) is 7.11 Å². The molecule has 0 radical (unpaired) electrons. The largest absolute Gasteiger partial charge is 0.497 e. The molecule has 0 aromatic heterocycles. The van der Waals surface area contributed by atoms with Gasteiger partial charge in [-0.15, -0.1) is 11.6 Å². The molecule has 1 aromatic carbocycles. The molecule has 0 fully saturated rings. The second-order valence-electron chi connectivity index (χ2n) is 2.95. The smallest absolute Gasteiger partial charge is 0.321 e. The van der Waals surface area contributed by atoms with Gasteiger partial charge in [0.25, 0.3) is 0 Å². The van der Waals surface area contributed by atoms with Crippen LogP contribution in [-0.4, -0.2) is 31.3 Å². The molecule has 0 atom stereocenters. The number of benzene rings is 1. The SMILES string of the molecule is COc1ccc(C(=O)COC(=O)CCl)cc1. The zero-order valence-electron chi connectivity index (χ0n) is 8.73. The Labute approximate surface area is 98.1 Å². The minimum absolute atomic E-state index is 0.254. The highest BCUT2D eigenvalue weighted by Gasteiger charge is 2.08. The number of ketones is 1. The molecule has 5 heteroatoms. The number of rotatable bonds is 5. The van der Waals surface area contributed by atoms with Crippen molar-refractivity contribution < 1.29 is 19.1 Å². The van der Waals surface area contributed by atoms with Gasteiger partial charge >= 0.3 is 5.97 Å². The van der Waals surface area contributed by atoms with Crippen molar-refractivity contribution in [3.05, 3.63) is 29.8 Å². The van der Waals surface area contributed by atoms with Crippen molar-refractivity contribution in [2.45, 2.75) is 0 Å². The van der Waals surface area contributed by atoms with Gasteiger partial charge in [-0.2, -0.15) is 0 Å². The number of alkyl halides is 1. The van der Waals surface area contributed by atoms with Gasteiger partial charge in [0.2, 0.25) is 0 Å². The standard InChI is InChI=1S/C11H11ClO4/c1-15-9-4-2-8(3-5-9)10(13)7-16-11(14)6-12/h2-5H,6-7H2,1H3. The second kappa shape index (κ2) is 6.12. The van der Waals surface area contributed by atoms with Gasteiger partial charge in [0, 0.05) is 5.56 Å². The van der Waals surface area contributed by atoms with Crippen molar-refractivity contribution >= 4 is 23.4 Å². The van der Waals surface area contributed by atoms with E-state index in [1.54, 1.807) is 31.4 Å². The minimum atomic E-state index is -0.608. The summed E-state index contributed by atoms with van der Waals surface area (Å²) in [5.41, 5.74) is 0.461. The lowest BCUT2D eigenvalue weighted by molar-refractivity contribution is -0.139. The summed E-state index contributed by atoms with van der Waals surface area (Å²) < 4.78 is 9.56. The summed E-state index contributed by atoms with van der Waals surface area (Å²) in [6.07, 6.45) is 0. The Morgan fingerprint density at radius 2 is 1.88 bits per heavy atom. The lowest BCUT2D eigenvalue weighted by Gasteiger charge is -2.03. The summed E-state index contributed by atoms with van der Waals surface area (Å²) in [5, 5.41) is 0. The van der Waals surface area contributed by atoms with Gasteiger partial charge in [0.1, 0.15) is 11.6 Å². The van der Waals surface area contributed by atoms with Gasteiger partial charge in [-0.05, 0) is 24.3 Å². The lowest BCUT2D eigenvalue weighted by atomic mass is 10.1. The topological polar surface area (TPSA) is 52.6 Å². The van der Waals surface area contributed by atoms with E-state index >= 15 is 0 Å². The van der Waals surface area contributed by atoms with Crippen LogP contribution >= 0.6 is 11.6 Å². The third kappa shape index (κ3) is 3.55. The molecule has 1 aromatic rings. The highest BCUT2D eigenvalue weighted by Crippen LogP contribution is 2.11. The first-order valence-corrected chi connectivity index (χ1v) is 5.09. The van der Waals surface area contributed by atoms with Crippen molar-refractivity contribution in [2.75, 3.05) is 19.6 Å². The number of hydrogen-bond donors (Lipinski definition) is 0. The fourth-order valence-corrected chi connectivity index (χ4v) is 1.12. The number of esters is 1. The van der Waals surface area contributed by atoms with Crippen LogP contribution < -0.4 is 4.74 Å². The van der Waals surface area contributed by atoms with Crippen LogP contribution in [0.1, 0.15) is 10.4 Å². The molecule has 86 valence electrons. The Hall–Kier alpha value is -1.55. The molecule has 0 aliphatic heterocycles. The number of halogens is 1. The quantitative estimate of drug-likeness (QED) is 0.448. The average molecular weight is 243 g/mol. The van der Waals surface area contributed by atoms with Crippen LogP contribution in [0.5, 0.6) is 5.75 Å². The molecule has 0 bridgehead atoms. The highest BCUT2D eigenvalue weighted by molar-refractivity contribution is 6.26. The molecule has 0 N–H and O–H groups in total. The van der Waals surface area contributed by atoms with Gasteiger partial charge < -0.3 is 9.47 Å². The maximum absolute atomic E-state index is 11.5. The fourth-order valence-electron chi connectivity index (χ4n) is 1.04. The first-order valence-electron chi connectivity index (χ1n) is 4.56. The molecule has 0 saturated heterocycles. The third-order valence-electron chi connectivity index (χ3n) is 1.89. The molecule has 0 heterocycles. The molecule has 16 heavy (non-hydrogen) atoms. The van der Waals surface area contributed by atoms with Crippen LogP contribution in [0.4, 0.5) is 0 Å². The van der Waals surface area contributed by atoms with Gasteiger partial charge in [0.15, 0.2) is 12.4 Å². The number of ether oxygens (including phenoxy) is 2. The first kappa shape index (κ1) is 12.5. The zero-order valence-corrected chi connectivity index (χ0v) is 9.49. The van der Waals surface area contributed by atoms with Gasteiger partial charge in [-0.25, -0.2) is 0 Å². The molecule has 1 rings (SSSR count). The van der Waals surface area contributed by atoms with Crippen molar-refractivity contribution in [1.82, 2.24) is 0 Å². The summed E-state index contributed by atoms with van der Waals surface area (Å²) >= 11 is 5.22. The minimum Gasteiger partial charge on any atom is -0.497 e.